The average molecular weight is 353 g/mol. The van der Waals surface area contributed by atoms with E-state index in [4.69, 9.17) is 9.47 Å². The van der Waals surface area contributed by atoms with E-state index in [2.05, 4.69) is 16.5 Å². The molecule has 0 aliphatic carbocycles. The summed E-state index contributed by atoms with van der Waals surface area (Å²) < 4.78 is 10.9. The lowest BCUT2D eigenvalue weighted by Gasteiger charge is -2.35. The van der Waals surface area contributed by atoms with E-state index >= 15 is 0 Å². The van der Waals surface area contributed by atoms with Crippen LogP contribution in [0.3, 0.4) is 0 Å². The van der Waals surface area contributed by atoms with Crippen molar-refractivity contribution in [2.75, 3.05) is 44.8 Å². The van der Waals surface area contributed by atoms with Crippen molar-refractivity contribution in [3.8, 4) is 11.5 Å². The third-order valence-corrected chi connectivity index (χ3v) is 4.31. The van der Waals surface area contributed by atoms with Crippen molar-refractivity contribution < 1.29 is 14.3 Å². The standard InChI is InChI=1S/C20H23N3O3/c1-3-14-26-17-8-7-16(15-18(17)25-2)20(24)23-12-10-22(11-13-23)19-6-4-5-9-21-19/h3-9,15H,1,10-14H2,2H3. The van der Waals surface area contributed by atoms with Gasteiger partial charge >= 0.3 is 0 Å². The van der Waals surface area contributed by atoms with Crippen LogP contribution in [-0.2, 0) is 0 Å². The maximum Gasteiger partial charge on any atom is 0.254 e. The summed E-state index contributed by atoms with van der Waals surface area (Å²) in [5, 5.41) is 0. The van der Waals surface area contributed by atoms with Gasteiger partial charge in [0.05, 0.1) is 7.11 Å². The predicted molar refractivity (Wildman–Crippen MR) is 101 cm³/mol. The molecule has 6 nitrogen and oxygen atoms in total. The molecular formula is C20H23N3O3. The van der Waals surface area contributed by atoms with Crippen LogP contribution in [0.25, 0.3) is 0 Å². The number of carbonyl (C=O) groups is 1. The molecule has 1 aromatic carbocycles. The fourth-order valence-electron chi connectivity index (χ4n) is 2.93. The van der Waals surface area contributed by atoms with Gasteiger partial charge in [-0.05, 0) is 30.3 Å². The molecule has 1 aliphatic heterocycles. The number of piperazine rings is 1. The Kier molecular flexibility index (Phi) is 5.73. The first-order valence-corrected chi connectivity index (χ1v) is 8.60. The van der Waals surface area contributed by atoms with Crippen molar-refractivity contribution >= 4 is 11.7 Å². The number of benzene rings is 1. The molecule has 1 aliphatic rings. The smallest absolute Gasteiger partial charge is 0.254 e. The van der Waals surface area contributed by atoms with Crippen LogP contribution >= 0.6 is 0 Å². The van der Waals surface area contributed by atoms with E-state index in [-0.39, 0.29) is 5.91 Å². The van der Waals surface area contributed by atoms with Crippen LogP contribution in [0.4, 0.5) is 5.82 Å². The van der Waals surface area contributed by atoms with Crippen LogP contribution in [0.2, 0.25) is 0 Å². The summed E-state index contributed by atoms with van der Waals surface area (Å²) in [7, 11) is 1.57. The van der Waals surface area contributed by atoms with Crippen molar-refractivity contribution in [2.24, 2.45) is 0 Å². The van der Waals surface area contributed by atoms with Crippen LogP contribution in [0.15, 0.2) is 55.3 Å². The Morgan fingerprint density at radius 2 is 2.00 bits per heavy atom. The van der Waals surface area contributed by atoms with Crippen LogP contribution in [0.1, 0.15) is 10.4 Å². The summed E-state index contributed by atoms with van der Waals surface area (Å²) in [6, 6.07) is 11.1. The summed E-state index contributed by atoms with van der Waals surface area (Å²) in [4.78, 5) is 21.2. The highest BCUT2D eigenvalue weighted by Crippen LogP contribution is 2.28. The van der Waals surface area contributed by atoms with E-state index in [1.54, 1.807) is 37.6 Å². The monoisotopic (exact) mass is 353 g/mol. The van der Waals surface area contributed by atoms with Crippen molar-refractivity contribution in [3.63, 3.8) is 0 Å². The fourth-order valence-corrected chi connectivity index (χ4v) is 2.93. The molecule has 0 atom stereocenters. The van der Waals surface area contributed by atoms with Crippen LogP contribution < -0.4 is 14.4 Å². The highest BCUT2D eigenvalue weighted by atomic mass is 16.5. The summed E-state index contributed by atoms with van der Waals surface area (Å²) >= 11 is 0. The van der Waals surface area contributed by atoms with E-state index in [1.165, 1.54) is 0 Å². The molecule has 2 heterocycles. The number of hydrogen-bond acceptors (Lipinski definition) is 5. The number of nitrogens with zero attached hydrogens (tertiary/aromatic N) is 3. The third-order valence-electron chi connectivity index (χ3n) is 4.31. The van der Waals surface area contributed by atoms with Gasteiger partial charge in [0, 0.05) is 37.9 Å². The molecule has 136 valence electrons. The fraction of sp³-hybridized carbons (Fsp3) is 0.300. The lowest BCUT2D eigenvalue weighted by atomic mass is 10.1. The number of methoxy groups -OCH3 is 1. The van der Waals surface area contributed by atoms with Crippen molar-refractivity contribution in [1.29, 1.82) is 0 Å². The Morgan fingerprint density at radius 3 is 2.65 bits per heavy atom. The first kappa shape index (κ1) is 17.8. The molecule has 3 rings (SSSR count). The number of anilines is 1. The van der Waals surface area contributed by atoms with E-state index in [9.17, 15) is 4.79 Å². The van der Waals surface area contributed by atoms with Gasteiger partial charge in [-0.2, -0.15) is 0 Å². The molecule has 1 aromatic heterocycles. The average Bonchev–Trinajstić information content (AvgIpc) is 2.72. The van der Waals surface area contributed by atoms with Crippen LogP contribution in [-0.4, -0.2) is 55.7 Å². The third kappa shape index (κ3) is 3.96. The summed E-state index contributed by atoms with van der Waals surface area (Å²) in [6.07, 6.45) is 3.45. The first-order valence-electron chi connectivity index (χ1n) is 8.60. The summed E-state index contributed by atoms with van der Waals surface area (Å²) in [5.41, 5.74) is 0.596. The number of rotatable bonds is 6. The zero-order valence-electron chi connectivity index (χ0n) is 14.9. The zero-order chi connectivity index (χ0) is 18.4. The van der Waals surface area contributed by atoms with Gasteiger partial charge in [-0.15, -0.1) is 0 Å². The molecule has 0 N–H and O–H groups in total. The minimum atomic E-state index is -0.000702. The Morgan fingerprint density at radius 1 is 1.19 bits per heavy atom. The first-order chi connectivity index (χ1) is 12.7. The number of pyridine rings is 1. The molecular weight excluding hydrogens is 330 g/mol. The van der Waals surface area contributed by atoms with Gasteiger partial charge < -0.3 is 19.3 Å². The molecule has 1 fully saturated rings. The maximum absolute atomic E-state index is 12.8. The topological polar surface area (TPSA) is 54.9 Å². The number of amides is 1. The highest BCUT2D eigenvalue weighted by Gasteiger charge is 2.23. The molecule has 0 saturated carbocycles. The van der Waals surface area contributed by atoms with E-state index in [0.29, 0.717) is 36.8 Å². The molecule has 0 bridgehead atoms. The maximum atomic E-state index is 12.8. The lowest BCUT2D eigenvalue weighted by Crippen LogP contribution is -2.49. The van der Waals surface area contributed by atoms with Gasteiger partial charge in [-0.25, -0.2) is 4.98 Å². The van der Waals surface area contributed by atoms with Gasteiger partial charge in [0.1, 0.15) is 12.4 Å². The van der Waals surface area contributed by atoms with Crippen LogP contribution in [0, 0.1) is 0 Å². The van der Waals surface area contributed by atoms with Crippen molar-refractivity contribution in [2.45, 2.75) is 0 Å². The predicted octanol–water partition coefficient (Wildman–Crippen LogP) is 2.62. The lowest BCUT2D eigenvalue weighted by molar-refractivity contribution is 0.0746. The SMILES string of the molecule is C=CCOc1ccc(C(=O)N2CCN(c3ccccn3)CC2)cc1OC. The van der Waals surface area contributed by atoms with Crippen LogP contribution in [0.5, 0.6) is 11.5 Å². The summed E-state index contributed by atoms with van der Waals surface area (Å²) in [5.74, 6) is 2.10. The molecule has 6 heteroatoms. The van der Waals surface area contributed by atoms with E-state index in [0.717, 1.165) is 18.9 Å². The van der Waals surface area contributed by atoms with Gasteiger partial charge in [0.15, 0.2) is 11.5 Å². The van der Waals surface area contributed by atoms with Crippen molar-refractivity contribution in [3.05, 3.63) is 60.8 Å². The van der Waals surface area contributed by atoms with Gasteiger partial charge in [-0.1, -0.05) is 18.7 Å². The molecule has 26 heavy (non-hydrogen) atoms. The normalized spacial score (nSPS) is 14.0. The van der Waals surface area contributed by atoms with E-state index in [1.807, 2.05) is 23.1 Å². The molecule has 0 radical (unpaired) electrons. The number of hydrogen-bond donors (Lipinski definition) is 0. The van der Waals surface area contributed by atoms with Gasteiger partial charge in [-0.3, -0.25) is 4.79 Å². The molecule has 0 spiro atoms. The second-order valence-corrected chi connectivity index (χ2v) is 5.93. The van der Waals surface area contributed by atoms with E-state index < -0.39 is 0 Å². The molecule has 0 unspecified atom stereocenters. The number of carbonyl (C=O) groups excluding carboxylic acids is 1. The largest absolute Gasteiger partial charge is 0.493 e. The quantitative estimate of drug-likeness (QED) is 0.747. The summed E-state index contributed by atoms with van der Waals surface area (Å²) in [6.45, 7) is 6.87. The molecule has 1 amide bonds. The minimum Gasteiger partial charge on any atom is -0.493 e. The Balaban J connectivity index is 1.65. The Bertz CT molecular complexity index is 756. The molecule has 1 saturated heterocycles. The zero-order valence-corrected chi connectivity index (χ0v) is 14.9. The second kappa shape index (κ2) is 8.38. The van der Waals surface area contributed by atoms with Gasteiger partial charge in [0.25, 0.3) is 5.91 Å². The van der Waals surface area contributed by atoms with Crippen molar-refractivity contribution in [1.82, 2.24) is 9.88 Å². The number of ether oxygens (including phenoxy) is 2. The second-order valence-electron chi connectivity index (χ2n) is 5.93. The molecule has 2 aromatic rings. The minimum absolute atomic E-state index is 0.000702. The van der Waals surface area contributed by atoms with Gasteiger partial charge in [0.2, 0.25) is 0 Å². The Labute approximate surface area is 153 Å². The Hall–Kier alpha value is -3.02. The highest BCUT2D eigenvalue weighted by molar-refractivity contribution is 5.95. The number of aromatic nitrogens is 1.